The predicted octanol–water partition coefficient (Wildman–Crippen LogP) is 3.10. The molecule has 1 heterocycles. The first-order chi connectivity index (χ1) is 12.3. The molecular formula is C20H21NO4. The molecule has 1 amide bonds. The third-order valence-corrected chi connectivity index (χ3v) is 4.63. The molecule has 130 valence electrons. The molecule has 2 aromatic rings. The summed E-state index contributed by atoms with van der Waals surface area (Å²) in [4.78, 5) is 12.2. The van der Waals surface area contributed by atoms with Gasteiger partial charge >= 0.3 is 0 Å². The minimum atomic E-state index is -0.142. The number of amides is 1. The lowest BCUT2D eigenvalue weighted by Gasteiger charge is -2.19. The van der Waals surface area contributed by atoms with E-state index < -0.39 is 0 Å². The molecule has 0 atom stereocenters. The average Bonchev–Trinajstić information content (AvgIpc) is 3.13. The Hall–Kier alpha value is -2.69. The van der Waals surface area contributed by atoms with E-state index in [1.54, 1.807) is 18.2 Å². The fourth-order valence-corrected chi connectivity index (χ4v) is 3.35. The molecule has 0 saturated heterocycles. The summed E-state index contributed by atoms with van der Waals surface area (Å²) in [6, 6.07) is 11.4. The second-order valence-electron chi connectivity index (χ2n) is 6.27. The molecule has 25 heavy (non-hydrogen) atoms. The maximum absolute atomic E-state index is 12.2. The summed E-state index contributed by atoms with van der Waals surface area (Å²) in [7, 11) is 0. The monoisotopic (exact) mass is 339 g/mol. The zero-order valence-electron chi connectivity index (χ0n) is 14.0. The van der Waals surface area contributed by atoms with Crippen molar-refractivity contribution < 1.29 is 19.0 Å². The van der Waals surface area contributed by atoms with Crippen molar-refractivity contribution in [2.75, 3.05) is 19.9 Å². The fourth-order valence-electron chi connectivity index (χ4n) is 3.35. The minimum absolute atomic E-state index is 0.142. The summed E-state index contributed by atoms with van der Waals surface area (Å²) < 4.78 is 16.5. The Labute approximate surface area is 146 Å². The lowest BCUT2D eigenvalue weighted by molar-refractivity contribution is 0.0946. The summed E-state index contributed by atoms with van der Waals surface area (Å²) in [5.41, 5.74) is 3.28. The van der Waals surface area contributed by atoms with Crippen molar-refractivity contribution in [2.24, 2.45) is 0 Å². The third-order valence-electron chi connectivity index (χ3n) is 4.63. The van der Waals surface area contributed by atoms with E-state index in [9.17, 15) is 4.79 Å². The number of nitrogens with one attached hydrogen (secondary N) is 1. The minimum Gasteiger partial charge on any atom is -0.491 e. The van der Waals surface area contributed by atoms with Gasteiger partial charge in [0, 0.05) is 5.56 Å². The molecule has 4 rings (SSSR count). The first-order valence-electron chi connectivity index (χ1n) is 8.73. The first kappa shape index (κ1) is 15.8. The standard InChI is InChI=1S/C20H21NO4/c22-20(15-8-9-18-19(12-15)25-13-24-18)21-10-11-23-17-7-3-5-14-4-1-2-6-16(14)17/h3,5,7-9,12H,1-2,4,6,10-11,13H2,(H,21,22). The highest BCUT2D eigenvalue weighted by atomic mass is 16.7. The van der Waals surface area contributed by atoms with Gasteiger partial charge in [-0.25, -0.2) is 0 Å². The summed E-state index contributed by atoms with van der Waals surface area (Å²) in [5, 5.41) is 2.88. The number of carbonyl (C=O) groups excluding carboxylic acids is 1. The van der Waals surface area contributed by atoms with Crippen LogP contribution in [0, 0.1) is 0 Å². The molecule has 0 radical (unpaired) electrons. The van der Waals surface area contributed by atoms with E-state index in [0.29, 0.717) is 30.2 Å². The van der Waals surface area contributed by atoms with Gasteiger partial charge in [0.05, 0.1) is 6.54 Å². The highest BCUT2D eigenvalue weighted by molar-refractivity contribution is 5.94. The molecule has 2 aliphatic rings. The highest BCUT2D eigenvalue weighted by Gasteiger charge is 2.16. The molecule has 1 N–H and O–H groups in total. The van der Waals surface area contributed by atoms with Gasteiger partial charge in [0.15, 0.2) is 11.5 Å². The predicted molar refractivity (Wildman–Crippen MR) is 93.5 cm³/mol. The van der Waals surface area contributed by atoms with Crippen LogP contribution in [0.25, 0.3) is 0 Å². The number of aryl methyl sites for hydroxylation is 1. The molecule has 0 aromatic heterocycles. The maximum Gasteiger partial charge on any atom is 0.251 e. The number of hydrogen-bond donors (Lipinski definition) is 1. The van der Waals surface area contributed by atoms with Crippen LogP contribution in [0.2, 0.25) is 0 Å². The van der Waals surface area contributed by atoms with Crippen LogP contribution in [0.5, 0.6) is 17.2 Å². The summed E-state index contributed by atoms with van der Waals surface area (Å²) in [6.45, 7) is 1.11. The lowest BCUT2D eigenvalue weighted by atomic mass is 9.91. The molecular weight excluding hydrogens is 318 g/mol. The Morgan fingerprint density at radius 1 is 1.08 bits per heavy atom. The molecule has 0 saturated carbocycles. The largest absolute Gasteiger partial charge is 0.491 e. The molecule has 5 heteroatoms. The van der Waals surface area contributed by atoms with Crippen molar-refractivity contribution in [3.8, 4) is 17.2 Å². The molecule has 1 aliphatic heterocycles. The Morgan fingerprint density at radius 2 is 1.96 bits per heavy atom. The van der Waals surface area contributed by atoms with E-state index in [1.165, 1.54) is 24.0 Å². The summed E-state index contributed by atoms with van der Waals surface area (Å²) in [6.07, 6.45) is 4.68. The van der Waals surface area contributed by atoms with E-state index in [4.69, 9.17) is 14.2 Å². The van der Waals surface area contributed by atoms with E-state index in [1.807, 2.05) is 12.1 Å². The van der Waals surface area contributed by atoms with Gasteiger partial charge in [-0.05, 0) is 61.1 Å². The normalized spacial score (nSPS) is 14.7. The first-order valence-corrected chi connectivity index (χ1v) is 8.73. The Kier molecular flexibility index (Phi) is 4.46. The van der Waals surface area contributed by atoms with Gasteiger partial charge in [0.25, 0.3) is 5.91 Å². The molecule has 1 aliphatic carbocycles. The van der Waals surface area contributed by atoms with Crippen LogP contribution in [0.1, 0.15) is 34.3 Å². The van der Waals surface area contributed by atoms with Crippen LogP contribution in [0.4, 0.5) is 0 Å². The lowest BCUT2D eigenvalue weighted by Crippen LogP contribution is -2.28. The van der Waals surface area contributed by atoms with E-state index in [0.717, 1.165) is 18.6 Å². The summed E-state index contributed by atoms with van der Waals surface area (Å²) >= 11 is 0. The van der Waals surface area contributed by atoms with Crippen molar-refractivity contribution >= 4 is 5.91 Å². The van der Waals surface area contributed by atoms with E-state index in [2.05, 4.69) is 11.4 Å². The number of rotatable bonds is 5. The maximum atomic E-state index is 12.2. The van der Waals surface area contributed by atoms with Gasteiger partial charge in [-0.15, -0.1) is 0 Å². The Morgan fingerprint density at radius 3 is 2.92 bits per heavy atom. The van der Waals surface area contributed by atoms with Crippen LogP contribution in [0.15, 0.2) is 36.4 Å². The van der Waals surface area contributed by atoms with Crippen molar-refractivity contribution in [3.63, 3.8) is 0 Å². The Bertz CT molecular complexity index is 787. The van der Waals surface area contributed by atoms with Gasteiger partial charge in [0.1, 0.15) is 12.4 Å². The van der Waals surface area contributed by atoms with Crippen LogP contribution >= 0.6 is 0 Å². The van der Waals surface area contributed by atoms with Gasteiger partial charge in [-0.2, -0.15) is 0 Å². The zero-order chi connectivity index (χ0) is 17.1. The van der Waals surface area contributed by atoms with Crippen molar-refractivity contribution in [1.82, 2.24) is 5.32 Å². The van der Waals surface area contributed by atoms with Gasteiger partial charge in [-0.1, -0.05) is 12.1 Å². The number of hydrogen-bond acceptors (Lipinski definition) is 4. The molecule has 0 unspecified atom stereocenters. The van der Waals surface area contributed by atoms with Crippen LogP contribution in [-0.4, -0.2) is 25.9 Å². The second-order valence-corrected chi connectivity index (χ2v) is 6.27. The van der Waals surface area contributed by atoms with Crippen LogP contribution < -0.4 is 19.5 Å². The fraction of sp³-hybridized carbons (Fsp3) is 0.350. The summed E-state index contributed by atoms with van der Waals surface area (Å²) in [5.74, 6) is 2.10. The number of fused-ring (bicyclic) bond motifs is 2. The number of ether oxygens (including phenoxy) is 3. The van der Waals surface area contributed by atoms with Crippen LogP contribution in [0.3, 0.4) is 0 Å². The van der Waals surface area contributed by atoms with Crippen molar-refractivity contribution in [1.29, 1.82) is 0 Å². The van der Waals surface area contributed by atoms with E-state index >= 15 is 0 Å². The molecule has 0 spiro atoms. The smallest absolute Gasteiger partial charge is 0.251 e. The Balaban J connectivity index is 1.30. The van der Waals surface area contributed by atoms with Crippen molar-refractivity contribution in [2.45, 2.75) is 25.7 Å². The molecule has 2 aromatic carbocycles. The number of benzene rings is 2. The van der Waals surface area contributed by atoms with Gasteiger partial charge < -0.3 is 19.5 Å². The van der Waals surface area contributed by atoms with E-state index in [-0.39, 0.29) is 12.7 Å². The average molecular weight is 339 g/mol. The number of carbonyl (C=O) groups is 1. The zero-order valence-corrected chi connectivity index (χ0v) is 14.0. The van der Waals surface area contributed by atoms with Crippen LogP contribution in [-0.2, 0) is 12.8 Å². The molecule has 5 nitrogen and oxygen atoms in total. The highest BCUT2D eigenvalue weighted by Crippen LogP contribution is 2.32. The molecule has 0 fully saturated rings. The van der Waals surface area contributed by atoms with Crippen molar-refractivity contribution in [3.05, 3.63) is 53.1 Å². The van der Waals surface area contributed by atoms with Gasteiger partial charge in [-0.3, -0.25) is 4.79 Å². The second kappa shape index (κ2) is 7.05. The topological polar surface area (TPSA) is 56.8 Å². The quantitative estimate of drug-likeness (QED) is 0.851. The van der Waals surface area contributed by atoms with Gasteiger partial charge in [0.2, 0.25) is 6.79 Å². The molecule has 0 bridgehead atoms. The SMILES string of the molecule is O=C(NCCOc1cccc2c1CCCC2)c1ccc2c(c1)OCO2. The third kappa shape index (κ3) is 3.40.